The van der Waals surface area contributed by atoms with Crippen LogP contribution in [0.25, 0.3) is 0 Å². The van der Waals surface area contributed by atoms with Crippen molar-refractivity contribution in [2.45, 2.75) is 56.2 Å². The first kappa shape index (κ1) is 20.0. The molecule has 1 aromatic rings. The summed E-state index contributed by atoms with van der Waals surface area (Å²) in [4.78, 5) is 13.0. The largest absolute Gasteiger partial charge is 0.483 e. The van der Waals surface area contributed by atoms with E-state index in [0.717, 1.165) is 25.2 Å². The van der Waals surface area contributed by atoms with Gasteiger partial charge < -0.3 is 9.64 Å². The van der Waals surface area contributed by atoms with Crippen molar-refractivity contribution < 1.29 is 26.9 Å². The molecule has 1 aliphatic heterocycles. The summed E-state index contributed by atoms with van der Waals surface area (Å²) in [6.07, 6.45) is 3.26. The molecule has 1 aromatic heterocycles. The third-order valence-corrected chi connectivity index (χ3v) is 6.39. The van der Waals surface area contributed by atoms with E-state index >= 15 is 0 Å². The maximum atomic E-state index is 12.7. The number of halogens is 3. The molecule has 1 N–H and O–H groups in total. The molecule has 1 saturated heterocycles. The third kappa shape index (κ3) is 3.92. The molecule has 11 heteroatoms. The van der Waals surface area contributed by atoms with Crippen molar-refractivity contribution in [2.75, 3.05) is 13.1 Å². The molecular weight excluding hydrogens is 385 g/mol. The van der Waals surface area contributed by atoms with Gasteiger partial charge >= 0.3 is 11.6 Å². The number of carbonyl (C=O) groups excluding carboxylic acids is 1. The SMILES string of the molecule is CC(C)(C)OC(=O)N1CC2(CC(Cn3cc(S(=N)(=O)C(F)(F)F)cn3)C2)C1. The van der Waals surface area contributed by atoms with Crippen molar-refractivity contribution >= 4 is 15.8 Å². The third-order valence-electron chi connectivity index (χ3n) is 4.86. The average molecular weight is 408 g/mol. The van der Waals surface area contributed by atoms with Crippen LogP contribution in [0, 0.1) is 16.1 Å². The molecule has 1 unspecified atom stereocenters. The van der Waals surface area contributed by atoms with Gasteiger partial charge in [0.15, 0.2) is 9.73 Å². The van der Waals surface area contributed by atoms with Gasteiger partial charge in [0.05, 0.1) is 11.1 Å². The van der Waals surface area contributed by atoms with E-state index in [4.69, 9.17) is 9.52 Å². The van der Waals surface area contributed by atoms with E-state index in [1.165, 1.54) is 4.68 Å². The predicted octanol–water partition coefficient (Wildman–Crippen LogP) is 3.46. The van der Waals surface area contributed by atoms with Crippen LogP contribution in [0.2, 0.25) is 0 Å². The average Bonchev–Trinajstić information content (AvgIpc) is 2.85. The maximum absolute atomic E-state index is 12.7. The number of nitrogens with zero attached hydrogens (tertiary/aromatic N) is 3. The summed E-state index contributed by atoms with van der Waals surface area (Å²) in [7, 11) is -4.87. The van der Waals surface area contributed by atoms with Gasteiger partial charge in [-0.1, -0.05) is 0 Å². The fourth-order valence-electron chi connectivity index (χ4n) is 3.76. The standard InChI is InChI=1S/C16H23F3N4O3S/c1-14(2,3)26-13(24)22-9-15(10-22)4-11(5-15)7-23-8-12(6-21-23)27(20,25)16(17,18)19/h6,8,11,20H,4-5,7,9-10H2,1-3H3. The lowest BCUT2D eigenvalue weighted by Gasteiger charge is -2.58. The van der Waals surface area contributed by atoms with Gasteiger partial charge in [-0.15, -0.1) is 0 Å². The van der Waals surface area contributed by atoms with Crippen molar-refractivity contribution in [1.29, 1.82) is 4.78 Å². The van der Waals surface area contributed by atoms with E-state index in [1.54, 1.807) is 4.90 Å². The first-order valence-electron chi connectivity index (χ1n) is 8.56. The van der Waals surface area contributed by atoms with Crippen molar-refractivity contribution in [3.05, 3.63) is 12.4 Å². The fraction of sp³-hybridized carbons (Fsp3) is 0.750. The quantitative estimate of drug-likeness (QED) is 0.830. The highest BCUT2D eigenvalue weighted by molar-refractivity contribution is 7.93. The Morgan fingerprint density at radius 2 is 1.96 bits per heavy atom. The Hall–Kier alpha value is -1.78. The molecule has 7 nitrogen and oxygen atoms in total. The van der Waals surface area contributed by atoms with Crippen LogP contribution < -0.4 is 0 Å². The molecular formula is C16H23F3N4O3S. The van der Waals surface area contributed by atoms with Gasteiger partial charge in [-0.2, -0.15) is 18.3 Å². The molecule has 1 amide bonds. The molecule has 1 spiro atoms. The molecule has 3 rings (SSSR count). The minimum absolute atomic E-state index is 0.0620. The molecule has 27 heavy (non-hydrogen) atoms. The van der Waals surface area contributed by atoms with Gasteiger partial charge in [0.1, 0.15) is 5.60 Å². The highest BCUT2D eigenvalue weighted by Gasteiger charge is 2.54. The maximum Gasteiger partial charge on any atom is 0.483 e. The number of likely N-dealkylation sites (tertiary alicyclic amines) is 1. The van der Waals surface area contributed by atoms with Crippen LogP contribution in [0.1, 0.15) is 33.6 Å². The number of hydrogen-bond acceptors (Lipinski definition) is 5. The van der Waals surface area contributed by atoms with Gasteiger partial charge in [0, 0.05) is 31.2 Å². The number of aromatic nitrogens is 2. The molecule has 1 aliphatic carbocycles. The van der Waals surface area contributed by atoms with Gasteiger partial charge in [-0.05, 0) is 39.5 Å². The summed E-state index contributed by atoms with van der Waals surface area (Å²) in [6.45, 7) is 7.08. The number of rotatable bonds is 3. The van der Waals surface area contributed by atoms with E-state index in [1.807, 2.05) is 20.8 Å². The van der Waals surface area contributed by atoms with Crippen molar-refractivity contribution in [3.63, 3.8) is 0 Å². The lowest BCUT2D eigenvalue weighted by Crippen LogP contribution is -2.64. The lowest BCUT2D eigenvalue weighted by atomic mass is 9.58. The number of alkyl halides is 3. The minimum atomic E-state index is -5.11. The second-order valence-corrected chi connectivity index (χ2v) is 10.6. The van der Waals surface area contributed by atoms with Crippen LogP contribution in [0.4, 0.5) is 18.0 Å². The van der Waals surface area contributed by atoms with E-state index in [2.05, 4.69) is 5.10 Å². The Morgan fingerprint density at radius 3 is 2.48 bits per heavy atom. The summed E-state index contributed by atoms with van der Waals surface area (Å²) in [5, 5.41) is 3.83. The summed E-state index contributed by atoms with van der Waals surface area (Å²) >= 11 is 0. The normalized spacial score (nSPS) is 22.1. The first-order valence-corrected chi connectivity index (χ1v) is 10.1. The minimum Gasteiger partial charge on any atom is -0.444 e. The summed E-state index contributed by atoms with van der Waals surface area (Å²) in [5.74, 6) is 0.228. The van der Waals surface area contributed by atoms with Crippen LogP contribution in [0.15, 0.2) is 17.3 Å². The summed E-state index contributed by atoms with van der Waals surface area (Å²) < 4.78 is 63.4. The van der Waals surface area contributed by atoms with E-state index in [0.29, 0.717) is 19.6 Å². The summed E-state index contributed by atoms with van der Waals surface area (Å²) in [6, 6.07) is 0. The molecule has 2 fully saturated rings. The number of hydrogen-bond donors (Lipinski definition) is 1. The second-order valence-electron chi connectivity index (χ2n) is 8.51. The molecule has 0 aromatic carbocycles. The van der Waals surface area contributed by atoms with Gasteiger partial charge in [0.25, 0.3) is 0 Å². The molecule has 2 aliphatic rings. The monoisotopic (exact) mass is 408 g/mol. The van der Waals surface area contributed by atoms with Crippen LogP contribution in [0.3, 0.4) is 0 Å². The fourth-order valence-corrected chi connectivity index (χ4v) is 4.50. The smallest absolute Gasteiger partial charge is 0.444 e. The molecule has 1 atom stereocenters. The highest BCUT2D eigenvalue weighted by atomic mass is 32.2. The van der Waals surface area contributed by atoms with Gasteiger partial charge in [-0.25, -0.2) is 13.8 Å². The Labute approximate surface area is 155 Å². The number of ether oxygens (including phenoxy) is 1. The van der Waals surface area contributed by atoms with E-state index < -0.39 is 25.7 Å². The molecule has 152 valence electrons. The first-order chi connectivity index (χ1) is 12.2. The van der Waals surface area contributed by atoms with Crippen LogP contribution in [-0.4, -0.2) is 49.2 Å². The zero-order chi connectivity index (χ0) is 20.3. The van der Waals surface area contributed by atoms with E-state index in [-0.39, 0.29) is 17.4 Å². The second kappa shape index (κ2) is 6.11. The Balaban J connectivity index is 1.49. The number of nitrogens with one attached hydrogen (secondary N) is 1. The van der Waals surface area contributed by atoms with Crippen molar-refractivity contribution in [2.24, 2.45) is 11.3 Å². The molecule has 2 heterocycles. The summed E-state index contributed by atoms with van der Waals surface area (Å²) in [5.41, 5.74) is -5.59. The van der Waals surface area contributed by atoms with Gasteiger partial charge in [0.2, 0.25) is 0 Å². The number of amides is 1. The van der Waals surface area contributed by atoms with Crippen LogP contribution >= 0.6 is 0 Å². The molecule has 0 bridgehead atoms. The molecule has 1 saturated carbocycles. The predicted molar refractivity (Wildman–Crippen MR) is 90.4 cm³/mol. The zero-order valence-electron chi connectivity index (χ0n) is 15.4. The topological polar surface area (TPSA) is 88.3 Å². The van der Waals surface area contributed by atoms with Crippen molar-refractivity contribution in [1.82, 2.24) is 14.7 Å². The number of carbonyl (C=O) groups is 1. The highest BCUT2D eigenvalue weighted by Crippen LogP contribution is 2.52. The van der Waals surface area contributed by atoms with Crippen LogP contribution in [-0.2, 0) is 21.0 Å². The Bertz CT molecular complexity index is 828. The van der Waals surface area contributed by atoms with Gasteiger partial charge in [-0.3, -0.25) is 4.68 Å². The van der Waals surface area contributed by atoms with Crippen molar-refractivity contribution in [3.8, 4) is 0 Å². The Kier molecular flexibility index (Phi) is 4.52. The van der Waals surface area contributed by atoms with E-state index in [9.17, 15) is 22.2 Å². The van der Waals surface area contributed by atoms with Crippen LogP contribution in [0.5, 0.6) is 0 Å². The zero-order valence-corrected chi connectivity index (χ0v) is 16.2. The molecule has 0 radical (unpaired) electrons. The lowest BCUT2D eigenvalue weighted by molar-refractivity contribution is -0.0987. The Morgan fingerprint density at radius 1 is 1.37 bits per heavy atom.